The van der Waals surface area contributed by atoms with Gasteiger partial charge in [0.05, 0.1) is 11.4 Å². The average Bonchev–Trinajstić information content (AvgIpc) is 3.04. The topological polar surface area (TPSA) is 59.8 Å². The number of nitrogens with zero attached hydrogens (tertiary/aromatic N) is 3. The van der Waals surface area contributed by atoms with Crippen LogP contribution in [0.1, 0.15) is 5.56 Å². The summed E-state index contributed by atoms with van der Waals surface area (Å²) in [5, 5.41) is 11.7. The van der Waals surface area contributed by atoms with Crippen LogP contribution in [0.15, 0.2) is 60.0 Å². The van der Waals surface area contributed by atoms with Crippen molar-refractivity contribution in [3.8, 4) is 5.69 Å². The fourth-order valence-corrected chi connectivity index (χ4v) is 3.34. The molecule has 1 aromatic heterocycles. The van der Waals surface area contributed by atoms with E-state index in [1.165, 1.54) is 17.3 Å². The monoisotopic (exact) mass is 450 g/mol. The Balaban J connectivity index is 1.65. The minimum Gasteiger partial charge on any atom is -0.324 e. The molecule has 0 spiro atoms. The molecule has 3 aromatic rings. The van der Waals surface area contributed by atoms with Gasteiger partial charge in [-0.05, 0) is 53.8 Å². The summed E-state index contributed by atoms with van der Waals surface area (Å²) in [6.07, 6.45) is 1.66. The molecule has 5 nitrogen and oxygen atoms in total. The lowest BCUT2D eigenvalue weighted by molar-refractivity contribution is -0.113. The van der Waals surface area contributed by atoms with E-state index >= 15 is 0 Å². The number of hydrogen-bond acceptors (Lipinski definition) is 4. The number of amides is 1. The molecule has 0 saturated heterocycles. The van der Waals surface area contributed by atoms with Gasteiger partial charge in [0.1, 0.15) is 6.33 Å². The molecule has 0 aliphatic heterocycles. The van der Waals surface area contributed by atoms with E-state index < -0.39 is 0 Å². The van der Waals surface area contributed by atoms with Gasteiger partial charge in [-0.25, -0.2) is 0 Å². The number of rotatable bonds is 5. The summed E-state index contributed by atoms with van der Waals surface area (Å²) in [6, 6.07) is 15.8. The van der Waals surface area contributed by atoms with E-state index in [0.29, 0.717) is 5.16 Å². The molecule has 0 aliphatic rings. The summed E-state index contributed by atoms with van der Waals surface area (Å²) >= 11 is 3.56. The zero-order valence-electron chi connectivity index (χ0n) is 12.9. The molecule has 1 N–H and O–H groups in total. The Labute approximate surface area is 158 Å². The first-order chi connectivity index (χ1) is 11.6. The first kappa shape index (κ1) is 17.0. The number of carbonyl (C=O) groups is 1. The Bertz CT molecular complexity index is 848. The quantitative estimate of drug-likeness (QED) is 0.473. The Hall–Kier alpha value is -1.87. The highest BCUT2D eigenvalue weighted by Crippen LogP contribution is 2.21. The lowest BCUT2D eigenvalue weighted by atomic mass is 10.2. The molecule has 1 amide bonds. The van der Waals surface area contributed by atoms with Crippen LogP contribution in [0.25, 0.3) is 5.69 Å². The van der Waals surface area contributed by atoms with Gasteiger partial charge in [0.2, 0.25) is 5.91 Å². The smallest absolute Gasteiger partial charge is 0.234 e. The summed E-state index contributed by atoms with van der Waals surface area (Å²) in [5.41, 5.74) is 2.99. The van der Waals surface area contributed by atoms with E-state index in [4.69, 9.17) is 0 Å². The van der Waals surface area contributed by atoms with Crippen LogP contribution in [0.3, 0.4) is 0 Å². The Morgan fingerprint density at radius 3 is 2.71 bits per heavy atom. The van der Waals surface area contributed by atoms with Crippen LogP contribution in [-0.2, 0) is 4.79 Å². The maximum absolute atomic E-state index is 12.2. The predicted molar refractivity (Wildman–Crippen MR) is 105 cm³/mol. The van der Waals surface area contributed by atoms with Crippen molar-refractivity contribution in [2.75, 3.05) is 11.1 Å². The third kappa shape index (κ3) is 4.15. The van der Waals surface area contributed by atoms with Crippen molar-refractivity contribution in [3.05, 3.63) is 64.0 Å². The first-order valence-electron chi connectivity index (χ1n) is 7.28. The van der Waals surface area contributed by atoms with Gasteiger partial charge in [0, 0.05) is 9.26 Å². The third-order valence-corrected chi connectivity index (χ3v) is 5.19. The molecule has 0 fully saturated rings. The number of thioether (sulfide) groups is 1. The van der Waals surface area contributed by atoms with Crippen molar-refractivity contribution in [1.29, 1.82) is 0 Å². The van der Waals surface area contributed by atoms with Crippen LogP contribution in [0.2, 0.25) is 0 Å². The number of carbonyl (C=O) groups excluding carboxylic acids is 1. The van der Waals surface area contributed by atoms with Crippen LogP contribution in [0, 0.1) is 10.5 Å². The second-order valence-electron chi connectivity index (χ2n) is 5.14. The van der Waals surface area contributed by atoms with Crippen molar-refractivity contribution in [2.45, 2.75) is 12.1 Å². The van der Waals surface area contributed by atoms with Crippen molar-refractivity contribution >= 4 is 45.9 Å². The van der Waals surface area contributed by atoms with Crippen molar-refractivity contribution in [2.24, 2.45) is 0 Å². The second kappa shape index (κ2) is 7.80. The molecule has 24 heavy (non-hydrogen) atoms. The fourth-order valence-electron chi connectivity index (χ4n) is 2.08. The summed E-state index contributed by atoms with van der Waals surface area (Å²) < 4.78 is 2.89. The van der Waals surface area contributed by atoms with Gasteiger partial charge in [-0.1, -0.05) is 41.6 Å². The molecule has 0 atom stereocenters. The maximum atomic E-state index is 12.2. The first-order valence-corrected chi connectivity index (χ1v) is 9.34. The molecule has 0 saturated carbocycles. The molecule has 1 heterocycles. The molecule has 0 unspecified atom stereocenters. The van der Waals surface area contributed by atoms with Gasteiger partial charge >= 0.3 is 0 Å². The van der Waals surface area contributed by atoms with Gasteiger partial charge in [0.25, 0.3) is 0 Å². The van der Waals surface area contributed by atoms with Crippen molar-refractivity contribution < 1.29 is 4.79 Å². The molecule has 0 bridgehead atoms. The van der Waals surface area contributed by atoms with Gasteiger partial charge in [-0.2, -0.15) is 0 Å². The maximum Gasteiger partial charge on any atom is 0.234 e. The van der Waals surface area contributed by atoms with E-state index in [0.717, 1.165) is 14.9 Å². The SMILES string of the molecule is Cc1ccc(-n2cnnc2SCC(=O)Nc2ccccc2I)cc1. The number of halogens is 1. The number of para-hydroxylation sites is 1. The molecule has 0 aliphatic carbocycles. The minimum atomic E-state index is -0.0671. The average molecular weight is 450 g/mol. The Morgan fingerprint density at radius 1 is 1.21 bits per heavy atom. The normalized spacial score (nSPS) is 10.6. The van der Waals surface area contributed by atoms with Crippen LogP contribution in [-0.4, -0.2) is 26.4 Å². The van der Waals surface area contributed by atoms with E-state index in [9.17, 15) is 4.79 Å². The summed E-state index contributed by atoms with van der Waals surface area (Å²) in [5.74, 6) is 0.206. The number of aromatic nitrogens is 3. The zero-order valence-corrected chi connectivity index (χ0v) is 15.9. The summed E-state index contributed by atoms with van der Waals surface area (Å²) in [4.78, 5) is 12.2. The largest absolute Gasteiger partial charge is 0.324 e. The molecular formula is C17H15IN4OS. The molecule has 122 valence electrons. The molecule has 2 aromatic carbocycles. The molecule has 3 rings (SSSR count). The highest BCUT2D eigenvalue weighted by molar-refractivity contribution is 14.1. The van der Waals surface area contributed by atoms with E-state index in [1.54, 1.807) is 6.33 Å². The van der Waals surface area contributed by atoms with Crippen molar-refractivity contribution in [1.82, 2.24) is 14.8 Å². The summed E-state index contributed by atoms with van der Waals surface area (Å²) in [7, 11) is 0. The Morgan fingerprint density at radius 2 is 1.96 bits per heavy atom. The standard InChI is InChI=1S/C17H15IN4OS/c1-12-6-8-13(9-7-12)22-11-19-21-17(22)24-10-16(23)20-15-5-3-2-4-14(15)18/h2-9,11H,10H2,1H3,(H,20,23). The molecule has 0 radical (unpaired) electrons. The number of anilines is 1. The number of benzene rings is 2. The lowest BCUT2D eigenvalue weighted by Gasteiger charge is -2.08. The van der Waals surface area contributed by atoms with Crippen LogP contribution >= 0.6 is 34.4 Å². The minimum absolute atomic E-state index is 0.0671. The third-order valence-electron chi connectivity index (χ3n) is 3.31. The number of nitrogens with one attached hydrogen (secondary N) is 1. The van der Waals surface area contributed by atoms with Gasteiger partial charge in [0.15, 0.2) is 5.16 Å². The van der Waals surface area contributed by atoms with Crippen LogP contribution in [0.4, 0.5) is 5.69 Å². The molecular weight excluding hydrogens is 435 g/mol. The van der Waals surface area contributed by atoms with E-state index in [2.05, 4.69) is 38.1 Å². The van der Waals surface area contributed by atoms with E-state index in [-0.39, 0.29) is 11.7 Å². The van der Waals surface area contributed by atoms with Crippen molar-refractivity contribution in [3.63, 3.8) is 0 Å². The Kier molecular flexibility index (Phi) is 5.52. The fraction of sp³-hybridized carbons (Fsp3) is 0.118. The number of hydrogen-bond donors (Lipinski definition) is 1. The van der Waals surface area contributed by atoms with Gasteiger partial charge in [-0.15, -0.1) is 10.2 Å². The van der Waals surface area contributed by atoms with Crippen LogP contribution < -0.4 is 5.32 Å². The van der Waals surface area contributed by atoms with E-state index in [1.807, 2.05) is 60.0 Å². The number of aryl methyl sites for hydroxylation is 1. The molecule has 7 heteroatoms. The predicted octanol–water partition coefficient (Wildman–Crippen LogP) is 3.91. The highest BCUT2D eigenvalue weighted by atomic mass is 127. The second-order valence-corrected chi connectivity index (χ2v) is 7.24. The highest BCUT2D eigenvalue weighted by Gasteiger charge is 2.11. The van der Waals surface area contributed by atoms with Crippen LogP contribution in [0.5, 0.6) is 0 Å². The summed E-state index contributed by atoms with van der Waals surface area (Å²) in [6.45, 7) is 2.04. The zero-order chi connectivity index (χ0) is 16.9. The lowest BCUT2D eigenvalue weighted by Crippen LogP contribution is -2.15. The van der Waals surface area contributed by atoms with Gasteiger partial charge in [-0.3, -0.25) is 9.36 Å². The van der Waals surface area contributed by atoms with Gasteiger partial charge < -0.3 is 5.32 Å².